The fourth-order valence-corrected chi connectivity index (χ4v) is 1.93. The van der Waals surface area contributed by atoms with E-state index in [2.05, 4.69) is 6.26 Å². The quantitative estimate of drug-likeness (QED) is 0.699. The molecule has 0 aromatic rings. The minimum atomic E-state index is -0.647. The van der Waals surface area contributed by atoms with Crippen molar-refractivity contribution in [1.29, 1.82) is 0 Å². The first-order chi connectivity index (χ1) is 5.63. The number of thioether (sulfide) groups is 1. The Balaban J connectivity index is 3.85. The Hall–Kier alpha value is -0.180. The van der Waals surface area contributed by atoms with E-state index < -0.39 is 5.97 Å². The van der Waals surface area contributed by atoms with Crippen molar-refractivity contribution in [3.05, 3.63) is 0 Å². The van der Waals surface area contributed by atoms with E-state index in [4.69, 9.17) is 5.11 Å². The van der Waals surface area contributed by atoms with Crippen molar-refractivity contribution >= 4 is 17.7 Å². The summed E-state index contributed by atoms with van der Waals surface area (Å²) in [4.78, 5) is 10.7. The van der Waals surface area contributed by atoms with Crippen LogP contribution in [-0.2, 0) is 4.79 Å². The van der Waals surface area contributed by atoms with Crippen LogP contribution in [0.25, 0.3) is 0 Å². The first-order valence-corrected chi connectivity index (χ1v) is 5.74. The molecular weight excluding hydrogens is 172 g/mol. The summed E-state index contributed by atoms with van der Waals surface area (Å²) in [5.41, 5.74) is 0. The molecule has 0 bridgehead atoms. The van der Waals surface area contributed by atoms with E-state index in [1.165, 1.54) is 0 Å². The minimum absolute atomic E-state index is 0.155. The van der Waals surface area contributed by atoms with Crippen LogP contribution in [0.15, 0.2) is 0 Å². The zero-order chi connectivity index (χ0) is 9.56. The van der Waals surface area contributed by atoms with E-state index in [0.717, 1.165) is 18.6 Å². The molecule has 0 radical (unpaired) electrons. The van der Waals surface area contributed by atoms with Crippen LogP contribution in [0.2, 0.25) is 0 Å². The largest absolute Gasteiger partial charge is 0.481 e. The fraction of sp³-hybridized carbons (Fsp3) is 0.889. The van der Waals surface area contributed by atoms with Gasteiger partial charge in [-0.2, -0.15) is 11.8 Å². The molecule has 0 aliphatic carbocycles. The number of hydrogen-bond acceptors (Lipinski definition) is 2. The number of rotatable bonds is 6. The molecule has 2 atom stereocenters. The van der Waals surface area contributed by atoms with Gasteiger partial charge in [-0.05, 0) is 30.8 Å². The molecule has 0 heterocycles. The average Bonchev–Trinajstić information content (AvgIpc) is 2.01. The predicted octanol–water partition coefficient (Wildman–Crippen LogP) is 2.49. The lowest BCUT2D eigenvalue weighted by atomic mass is 9.90. The number of carbonyl (C=O) groups is 1. The molecule has 0 saturated carbocycles. The summed E-state index contributed by atoms with van der Waals surface area (Å²) in [5.74, 6) is 0.563. The number of carboxylic acids is 1. The summed E-state index contributed by atoms with van der Waals surface area (Å²) in [5, 5.41) is 8.84. The molecule has 0 aliphatic rings. The van der Waals surface area contributed by atoms with E-state index in [1.807, 2.05) is 13.8 Å². The van der Waals surface area contributed by atoms with Gasteiger partial charge in [0.1, 0.15) is 0 Å². The van der Waals surface area contributed by atoms with Gasteiger partial charge in [0.2, 0.25) is 0 Å². The van der Waals surface area contributed by atoms with Crippen molar-refractivity contribution in [2.24, 2.45) is 11.8 Å². The van der Waals surface area contributed by atoms with Gasteiger partial charge in [0, 0.05) is 0 Å². The van der Waals surface area contributed by atoms with Crippen molar-refractivity contribution in [3.63, 3.8) is 0 Å². The van der Waals surface area contributed by atoms with Crippen LogP contribution >= 0.6 is 11.8 Å². The first-order valence-electron chi connectivity index (χ1n) is 4.35. The van der Waals surface area contributed by atoms with Crippen LogP contribution in [0.1, 0.15) is 26.7 Å². The summed E-state index contributed by atoms with van der Waals surface area (Å²) >= 11 is 1.78. The highest BCUT2D eigenvalue weighted by atomic mass is 32.2. The number of aliphatic carboxylic acids is 1. The maximum Gasteiger partial charge on any atom is 0.306 e. The molecular formula is C9H18O2S. The SMILES string of the molecule is CCC(C(=O)O)C(C)CCSC. The summed E-state index contributed by atoms with van der Waals surface area (Å²) in [7, 11) is 0. The van der Waals surface area contributed by atoms with Crippen LogP contribution in [0.3, 0.4) is 0 Å². The summed E-state index contributed by atoms with van der Waals surface area (Å²) in [6.45, 7) is 3.97. The van der Waals surface area contributed by atoms with Gasteiger partial charge in [0.05, 0.1) is 5.92 Å². The maximum atomic E-state index is 10.7. The molecule has 0 fully saturated rings. The Labute approximate surface area is 78.7 Å². The zero-order valence-electron chi connectivity index (χ0n) is 8.04. The van der Waals surface area contributed by atoms with Gasteiger partial charge in [-0.15, -0.1) is 0 Å². The second-order valence-electron chi connectivity index (χ2n) is 3.11. The molecule has 0 amide bonds. The molecule has 0 spiro atoms. The molecule has 2 unspecified atom stereocenters. The lowest BCUT2D eigenvalue weighted by Crippen LogP contribution is -2.21. The van der Waals surface area contributed by atoms with Crippen molar-refractivity contribution in [3.8, 4) is 0 Å². The number of carboxylic acid groups (broad SMARTS) is 1. The van der Waals surface area contributed by atoms with Crippen molar-refractivity contribution in [2.45, 2.75) is 26.7 Å². The molecule has 0 rings (SSSR count). The van der Waals surface area contributed by atoms with Crippen LogP contribution in [0.4, 0.5) is 0 Å². The molecule has 2 nitrogen and oxygen atoms in total. The van der Waals surface area contributed by atoms with Gasteiger partial charge in [0.25, 0.3) is 0 Å². The Morgan fingerprint density at radius 3 is 2.50 bits per heavy atom. The van der Waals surface area contributed by atoms with Gasteiger partial charge < -0.3 is 5.11 Å². The van der Waals surface area contributed by atoms with Gasteiger partial charge in [-0.25, -0.2) is 0 Å². The second kappa shape index (κ2) is 6.35. The highest BCUT2D eigenvalue weighted by Crippen LogP contribution is 2.20. The van der Waals surface area contributed by atoms with Gasteiger partial charge in [-0.1, -0.05) is 13.8 Å². The third-order valence-corrected chi connectivity index (χ3v) is 2.87. The third kappa shape index (κ3) is 4.00. The summed E-state index contributed by atoms with van der Waals surface area (Å²) in [6.07, 6.45) is 3.80. The van der Waals surface area contributed by atoms with Crippen molar-refractivity contribution in [1.82, 2.24) is 0 Å². The fourth-order valence-electron chi connectivity index (χ4n) is 1.33. The maximum absolute atomic E-state index is 10.7. The van der Waals surface area contributed by atoms with Crippen LogP contribution < -0.4 is 0 Å². The third-order valence-electron chi connectivity index (χ3n) is 2.22. The minimum Gasteiger partial charge on any atom is -0.481 e. The van der Waals surface area contributed by atoms with Gasteiger partial charge in [-0.3, -0.25) is 4.79 Å². The molecule has 12 heavy (non-hydrogen) atoms. The summed E-state index contributed by atoms with van der Waals surface area (Å²) in [6, 6.07) is 0. The highest BCUT2D eigenvalue weighted by Gasteiger charge is 2.21. The topological polar surface area (TPSA) is 37.3 Å². The van der Waals surface area contributed by atoms with Crippen molar-refractivity contribution in [2.75, 3.05) is 12.0 Å². The average molecular weight is 190 g/mol. The molecule has 3 heteroatoms. The smallest absolute Gasteiger partial charge is 0.306 e. The summed E-state index contributed by atoms with van der Waals surface area (Å²) < 4.78 is 0. The molecule has 0 aromatic heterocycles. The molecule has 1 N–H and O–H groups in total. The first kappa shape index (κ1) is 11.8. The molecule has 0 aliphatic heterocycles. The Bertz CT molecular complexity index is 136. The Kier molecular flexibility index (Phi) is 6.25. The molecule has 72 valence electrons. The van der Waals surface area contributed by atoms with Crippen molar-refractivity contribution < 1.29 is 9.90 Å². The van der Waals surface area contributed by atoms with E-state index >= 15 is 0 Å². The van der Waals surface area contributed by atoms with E-state index in [-0.39, 0.29) is 5.92 Å². The van der Waals surface area contributed by atoms with E-state index in [9.17, 15) is 4.79 Å². The molecule has 0 saturated heterocycles. The second-order valence-corrected chi connectivity index (χ2v) is 4.10. The standard InChI is InChI=1S/C9H18O2S/c1-4-8(9(10)11)7(2)5-6-12-3/h7-8H,4-6H2,1-3H3,(H,10,11). The van der Waals surface area contributed by atoms with Crippen LogP contribution in [0.5, 0.6) is 0 Å². The highest BCUT2D eigenvalue weighted by molar-refractivity contribution is 7.98. The Morgan fingerprint density at radius 2 is 2.17 bits per heavy atom. The lowest BCUT2D eigenvalue weighted by molar-refractivity contribution is -0.143. The molecule has 0 aromatic carbocycles. The van der Waals surface area contributed by atoms with E-state index in [0.29, 0.717) is 5.92 Å². The van der Waals surface area contributed by atoms with E-state index in [1.54, 1.807) is 11.8 Å². The van der Waals surface area contributed by atoms with Crippen LogP contribution in [-0.4, -0.2) is 23.1 Å². The zero-order valence-corrected chi connectivity index (χ0v) is 8.86. The normalized spacial score (nSPS) is 15.6. The number of hydrogen-bond donors (Lipinski definition) is 1. The lowest BCUT2D eigenvalue weighted by Gasteiger charge is -2.17. The van der Waals surface area contributed by atoms with Crippen LogP contribution in [0, 0.1) is 11.8 Å². The predicted molar refractivity (Wildman–Crippen MR) is 53.6 cm³/mol. The monoisotopic (exact) mass is 190 g/mol. The van der Waals surface area contributed by atoms with Gasteiger partial charge >= 0.3 is 5.97 Å². The Morgan fingerprint density at radius 1 is 1.58 bits per heavy atom. The van der Waals surface area contributed by atoms with Gasteiger partial charge in [0.15, 0.2) is 0 Å².